The molecule has 0 aliphatic carbocycles. The van der Waals surface area contributed by atoms with Crippen LogP contribution in [-0.2, 0) is 4.79 Å². The molecular weight excluding hydrogens is 370 g/mol. The number of carboxylic acid groups (broad SMARTS) is 1. The molecule has 134 valence electrons. The first kappa shape index (κ1) is 17.0. The summed E-state index contributed by atoms with van der Waals surface area (Å²) in [5.41, 5.74) is 0.116. The van der Waals surface area contributed by atoms with Gasteiger partial charge in [0, 0.05) is 18.8 Å². The van der Waals surface area contributed by atoms with Crippen LogP contribution in [0.1, 0.15) is 23.0 Å². The summed E-state index contributed by atoms with van der Waals surface area (Å²) >= 11 is 2.85. The van der Waals surface area contributed by atoms with Gasteiger partial charge in [-0.3, -0.25) is 9.59 Å². The van der Waals surface area contributed by atoms with Crippen molar-refractivity contribution in [3.05, 3.63) is 41.3 Å². The molecule has 0 spiro atoms. The minimum atomic E-state index is -0.852. The molecule has 8 heteroatoms. The Morgan fingerprint density at radius 3 is 2.69 bits per heavy atom. The average molecular weight is 387 g/mol. The van der Waals surface area contributed by atoms with Crippen LogP contribution < -0.4 is 5.32 Å². The third-order valence-corrected chi connectivity index (χ3v) is 6.67. The Hall–Kier alpha value is -2.45. The van der Waals surface area contributed by atoms with Gasteiger partial charge in [0.25, 0.3) is 5.91 Å². The first-order valence-corrected chi connectivity index (χ1v) is 9.83. The van der Waals surface area contributed by atoms with E-state index in [2.05, 4.69) is 10.3 Å². The lowest BCUT2D eigenvalue weighted by Crippen LogP contribution is -2.34. The van der Waals surface area contributed by atoms with E-state index < -0.39 is 11.4 Å². The number of rotatable bonds is 4. The van der Waals surface area contributed by atoms with Gasteiger partial charge in [0.05, 0.1) is 15.0 Å². The molecule has 0 saturated carbocycles. The fourth-order valence-electron chi connectivity index (χ4n) is 3.00. The van der Waals surface area contributed by atoms with Crippen molar-refractivity contribution in [2.75, 3.05) is 18.4 Å². The van der Waals surface area contributed by atoms with E-state index in [1.54, 1.807) is 11.8 Å². The van der Waals surface area contributed by atoms with Crippen LogP contribution in [0.5, 0.6) is 0 Å². The van der Waals surface area contributed by atoms with E-state index in [0.717, 1.165) is 20.3 Å². The van der Waals surface area contributed by atoms with Crippen molar-refractivity contribution in [2.24, 2.45) is 5.41 Å². The standard InChI is InChI=1S/C18H17N3O3S2/c1-18(16(23)24)7-8-21(10-18)15(22)13-9-12-14(25-13)20-17(26-12)19-11-5-3-2-4-6-11/h2-6,9H,7-8,10H2,1H3,(H,19,20)(H,23,24). The van der Waals surface area contributed by atoms with E-state index >= 15 is 0 Å². The normalized spacial score (nSPS) is 19.8. The lowest BCUT2D eigenvalue weighted by Gasteiger charge is -2.19. The molecule has 6 nitrogen and oxygen atoms in total. The SMILES string of the molecule is CC1(C(=O)O)CCN(C(=O)c2cc3sc(Nc4ccccc4)nc3s2)C1. The van der Waals surface area contributed by atoms with Crippen molar-refractivity contribution in [2.45, 2.75) is 13.3 Å². The third-order valence-electron chi connectivity index (χ3n) is 4.60. The number of carbonyl (C=O) groups excluding carboxylic acids is 1. The average Bonchev–Trinajstić information content (AvgIpc) is 3.29. The van der Waals surface area contributed by atoms with Crippen LogP contribution >= 0.6 is 22.7 Å². The summed E-state index contributed by atoms with van der Waals surface area (Å²) in [7, 11) is 0. The monoisotopic (exact) mass is 387 g/mol. The summed E-state index contributed by atoms with van der Waals surface area (Å²) in [5.74, 6) is -0.957. The smallest absolute Gasteiger partial charge is 0.311 e. The number of thiophene rings is 1. The molecule has 1 atom stereocenters. The van der Waals surface area contributed by atoms with Crippen LogP contribution in [0.2, 0.25) is 0 Å². The highest BCUT2D eigenvalue weighted by Crippen LogP contribution is 2.36. The molecule has 0 bridgehead atoms. The van der Waals surface area contributed by atoms with Crippen LogP contribution in [0.25, 0.3) is 9.53 Å². The molecule has 1 fully saturated rings. The molecule has 1 aliphatic heterocycles. The molecule has 3 aromatic rings. The number of nitrogens with one attached hydrogen (secondary N) is 1. The largest absolute Gasteiger partial charge is 0.481 e. The van der Waals surface area contributed by atoms with Crippen LogP contribution in [0.3, 0.4) is 0 Å². The molecule has 1 aliphatic rings. The number of hydrogen-bond donors (Lipinski definition) is 2. The van der Waals surface area contributed by atoms with Crippen LogP contribution in [0, 0.1) is 5.41 Å². The molecule has 1 amide bonds. The number of thiazole rings is 1. The van der Waals surface area contributed by atoms with Gasteiger partial charge in [-0.05, 0) is 31.5 Å². The maximum Gasteiger partial charge on any atom is 0.311 e. The first-order chi connectivity index (χ1) is 12.4. The highest BCUT2D eigenvalue weighted by atomic mass is 32.1. The van der Waals surface area contributed by atoms with Gasteiger partial charge in [-0.1, -0.05) is 29.5 Å². The fraction of sp³-hybridized carbons (Fsp3) is 0.278. The summed E-state index contributed by atoms with van der Waals surface area (Å²) in [5, 5.41) is 13.4. The molecule has 3 heterocycles. The fourth-order valence-corrected chi connectivity index (χ4v) is 5.11. The van der Waals surface area contributed by atoms with E-state index in [-0.39, 0.29) is 12.5 Å². The molecule has 0 radical (unpaired) electrons. The molecule has 4 rings (SSSR count). The number of benzene rings is 1. The second-order valence-corrected chi connectivity index (χ2v) is 8.69. The Bertz CT molecular complexity index is 951. The molecular formula is C18H17N3O3S2. The van der Waals surface area contributed by atoms with E-state index in [1.165, 1.54) is 22.7 Å². The van der Waals surface area contributed by atoms with Gasteiger partial charge in [-0.25, -0.2) is 4.98 Å². The van der Waals surface area contributed by atoms with Gasteiger partial charge in [0.2, 0.25) is 0 Å². The maximum absolute atomic E-state index is 12.7. The van der Waals surface area contributed by atoms with E-state index in [4.69, 9.17) is 0 Å². The number of anilines is 2. The second kappa shape index (κ2) is 6.37. The number of carboxylic acids is 1. The third kappa shape index (κ3) is 3.06. The van der Waals surface area contributed by atoms with Gasteiger partial charge in [0.15, 0.2) is 5.13 Å². The second-order valence-electron chi connectivity index (χ2n) is 6.63. The van der Waals surface area contributed by atoms with Crippen molar-refractivity contribution in [1.29, 1.82) is 0 Å². The topological polar surface area (TPSA) is 82.5 Å². The van der Waals surface area contributed by atoms with E-state index in [0.29, 0.717) is 17.8 Å². The highest BCUT2D eigenvalue weighted by molar-refractivity contribution is 7.29. The number of aromatic nitrogens is 1. The van der Waals surface area contributed by atoms with Gasteiger partial charge < -0.3 is 15.3 Å². The Morgan fingerprint density at radius 2 is 2.04 bits per heavy atom. The number of fused-ring (bicyclic) bond motifs is 1. The molecule has 1 unspecified atom stereocenters. The molecule has 1 aromatic carbocycles. The van der Waals surface area contributed by atoms with Crippen LogP contribution in [0.4, 0.5) is 10.8 Å². The molecule has 1 saturated heterocycles. The Balaban J connectivity index is 1.51. The summed E-state index contributed by atoms with van der Waals surface area (Å²) in [6.07, 6.45) is 0.483. The molecule has 2 aromatic heterocycles. The molecule has 26 heavy (non-hydrogen) atoms. The zero-order valence-corrected chi connectivity index (χ0v) is 15.7. The lowest BCUT2D eigenvalue weighted by molar-refractivity contribution is -0.147. The Labute approximate surface area is 158 Å². The number of carbonyl (C=O) groups is 2. The predicted octanol–water partition coefficient (Wildman–Crippen LogP) is 4.04. The summed E-state index contributed by atoms with van der Waals surface area (Å²) in [6.45, 7) is 2.42. The van der Waals surface area contributed by atoms with Crippen LogP contribution in [0.15, 0.2) is 36.4 Å². The number of aliphatic carboxylic acids is 1. The zero-order valence-electron chi connectivity index (χ0n) is 14.1. The van der Waals surface area contributed by atoms with Crippen molar-refractivity contribution >= 4 is 54.9 Å². The minimum absolute atomic E-state index is 0.109. The highest BCUT2D eigenvalue weighted by Gasteiger charge is 2.42. The van der Waals surface area contributed by atoms with Gasteiger partial charge in [0.1, 0.15) is 4.83 Å². The number of likely N-dealkylation sites (tertiary alicyclic amines) is 1. The predicted molar refractivity (Wildman–Crippen MR) is 103 cm³/mol. The Morgan fingerprint density at radius 1 is 1.27 bits per heavy atom. The lowest BCUT2D eigenvalue weighted by atomic mass is 9.90. The molecule has 2 N–H and O–H groups in total. The van der Waals surface area contributed by atoms with E-state index in [1.807, 2.05) is 36.4 Å². The number of amides is 1. The number of para-hydroxylation sites is 1. The van der Waals surface area contributed by atoms with Crippen molar-refractivity contribution in [1.82, 2.24) is 9.88 Å². The maximum atomic E-state index is 12.7. The first-order valence-electron chi connectivity index (χ1n) is 8.20. The summed E-state index contributed by atoms with van der Waals surface area (Å²) in [6, 6.07) is 11.7. The van der Waals surface area contributed by atoms with Crippen LogP contribution in [-0.4, -0.2) is 40.0 Å². The minimum Gasteiger partial charge on any atom is -0.481 e. The summed E-state index contributed by atoms with van der Waals surface area (Å²) < 4.78 is 0.956. The van der Waals surface area contributed by atoms with Gasteiger partial charge in [-0.15, -0.1) is 11.3 Å². The number of hydrogen-bond acceptors (Lipinski definition) is 6. The van der Waals surface area contributed by atoms with Crippen molar-refractivity contribution in [3.8, 4) is 0 Å². The quantitative estimate of drug-likeness (QED) is 0.706. The number of nitrogens with zero attached hydrogens (tertiary/aromatic N) is 2. The van der Waals surface area contributed by atoms with Gasteiger partial charge >= 0.3 is 5.97 Å². The van der Waals surface area contributed by atoms with Gasteiger partial charge in [-0.2, -0.15) is 0 Å². The van der Waals surface area contributed by atoms with E-state index in [9.17, 15) is 14.7 Å². The Kier molecular flexibility index (Phi) is 4.16. The van der Waals surface area contributed by atoms with Crippen molar-refractivity contribution in [3.63, 3.8) is 0 Å². The van der Waals surface area contributed by atoms with Crippen molar-refractivity contribution < 1.29 is 14.7 Å². The zero-order chi connectivity index (χ0) is 18.3. The summed E-state index contributed by atoms with van der Waals surface area (Å²) in [4.78, 5) is 31.7.